The summed E-state index contributed by atoms with van der Waals surface area (Å²) in [6.07, 6.45) is 0.729. The highest BCUT2D eigenvalue weighted by molar-refractivity contribution is 9.10. The average molecular weight is 460 g/mol. The predicted molar refractivity (Wildman–Crippen MR) is 112 cm³/mol. The van der Waals surface area contributed by atoms with Gasteiger partial charge in [-0.05, 0) is 24.6 Å². The number of aromatic nitrogens is 3. The minimum atomic E-state index is -0.0460. The summed E-state index contributed by atoms with van der Waals surface area (Å²) in [5, 5.41) is 7.81. The van der Waals surface area contributed by atoms with Gasteiger partial charge in [0.05, 0.1) is 18.9 Å². The lowest BCUT2D eigenvalue weighted by Crippen LogP contribution is -2.37. The molecule has 0 spiro atoms. The number of hydrogen-bond acceptors (Lipinski definition) is 7. The summed E-state index contributed by atoms with van der Waals surface area (Å²) >= 11 is 3.44. The quantitative estimate of drug-likeness (QED) is 0.605. The number of fused-ring (bicyclic) bond motifs is 1. The van der Waals surface area contributed by atoms with E-state index >= 15 is 0 Å². The van der Waals surface area contributed by atoms with Crippen molar-refractivity contribution in [1.82, 2.24) is 20.4 Å². The Labute approximate surface area is 176 Å². The van der Waals surface area contributed by atoms with E-state index in [4.69, 9.17) is 14.2 Å². The van der Waals surface area contributed by atoms with Gasteiger partial charge in [-0.25, -0.2) is 4.98 Å². The van der Waals surface area contributed by atoms with Crippen molar-refractivity contribution in [3.8, 4) is 0 Å². The molecule has 1 fully saturated rings. The zero-order chi connectivity index (χ0) is 20.2. The van der Waals surface area contributed by atoms with E-state index in [2.05, 4.69) is 36.3 Å². The zero-order valence-electron chi connectivity index (χ0n) is 16.2. The minimum Gasteiger partial charge on any atom is -0.378 e. The van der Waals surface area contributed by atoms with Crippen LogP contribution < -0.4 is 10.2 Å². The summed E-state index contributed by atoms with van der Waals surface area (Å²) in [6.45, 7) is 5.19. The molecule has 152 valence electrons. The highest BCUT2D eigenvalue weighted by Crippen LogP contribution is 2.27. The number of carbonyl (C=O) groups excluding carboxylic acids is 1. The third-order valence-corrected chi connectivity index (χ3v) is 5.29. The van der Waals surface area contributed by atoms with E-state index in [1.54, 1.807) is 0 Å². The number of anilines is 1. The number of benzene rings is 1. The van der Waals surface area contributed by atoms with Gasteiger partial charge >= 0.3 is 0 Å². The molecule has 0 aliphatic carbocycles. The SMILES string of the molecule is Cc1noc2nc(CCC(=O)NCc3cccc(Br)c3)nc(N3CCOCC3)c12. The molecule has 29 heavy (non-hydrogen) atoms. The highest BCUT2D eigenvalue weighted by Gasteiger charge is 2.21. The molecule has 3 aromatic rings. The Kier molecular flexibility index (Phi) is 6.05. The van der Waals surface area contributed by atoms with Crippen LogP contribution in [0.4, 0.5) is 5.82 Å². The molecule has 1 aliphatic rings. The number of hydrogen-bond donors (Lipinski definition) is 1. The smallest absolute Gasteiger partial charge is 0.263 e. The Bertz CT molecular complexity index is 1020. The molecule has 1 aromatic carbocycles. The van der Waals surface area contributed by atoms with Crippen molar-refractivity contribution in [2.45, 2.75) is 26.3 Å². The van der Waals surface area contributed by atoms with Gasteiger partial charge in [-0.2, -0.15) is 4.98 Å². The molecule has 3 heterocycles. The van der Waals surface area contributed by atoms with Crippen molar-refractivity contribution >= 4 is 38.8 Å². The summed E-state index contributed by atoms with van der Waals surface area (Å²) in [5.41, 5.74) is 2.26. The van der Waals surface area contributed by atoms with Crippen LogP contribution in [0.15, 0.2) is 33.3 Å². The van der Waals surface area contributed by atoms with Gasteiger partial charge in [0, 0.05) is 36.9 Å². The van der Waals surface area contributed by atoms with Gasteiger partial charge in [0.25, 0.3) is 5.71 Å². The van der Waals surface area contributed by atoms with Crippen LogP contribution >= 0.6 is 15.9 Å². The number of nitrogens with zero attached hydrogens (tertiary/aromatic N) is 4. The summed E-state index contributed by atoms with van der Waals surface area (Å²) < 4.78 is 11.8. The molecule has 9 heteroatoms. The van der Waals surface area contributed by atoms with E-state index in [-0.39, 0.29) is 5.91 Å². The average Bonchev–Trinajstić information content (AvgIpc) is 3.12. The minimum absolute atomic E-state index is 0.0460. The molecule has 2 aromatic heterocycles. The number of nitrogens with one attached hydrogen (secondary N) is 1. The van der Waals surface area contributed by atoms with Gasteiger partial charge < -0.3 is 19.5 Å². The molecule has 1 saturated heterocycles. The topological polar surface area (TPSA) is 93.4 Å². The van der Waals surface area contributed by atoms with Crippen molar-refractivity contribution < 1.29 is 14.1 Å². The Morgan fingerprint density at radius 3 is 2.90 bits per heavy atom. The van der Waals surface area contributed by atoms with Crippen LogP contribution in [0.1, 0.15) is 23.5 Å². The summed E-state index contributed by atoms with van der Waals surface area (Å²) in [5.74, 6) is 1.34. The molecule has 0 radical (unpaired) electrons. The number of rotatable bonds is 6. The van der Waals surface area contributed by atoms with E-state index in [9.17, 15) is 4.79 Å². The van der Waals surface area contributed by atoms with E-state index in [1.807, 2.05) is 31.2 Å². The first-order valence-corrected chi connectivity index (χ1v) is 10.4. The first kappa shape index (κ1) is 19.8. The van der Waals surface area contributed by atoms with Gasteiger partial charge in [-0.1, -0.05) is 33.2 Å². The van der Waals surface area contributed by atoms with E-state index in [0.717, 1.165) is 40.0 Å². The molecular formula is C20H22BrN5O3. The van der Waals surface area contributed by atoms with Crippen LogP contribution in [0.3, 0.4) is 0 Å². The number of carbonyl (C=O) groups is 1. The van der Waals surface area contributed by atoms with E-state index < -0.39 is 0 Å². The van der Waals surface area contributed by atoms with Gasteiger partial charge in [0.1, 0.15) is 17.0 Å². The maximum atomic E-state index is 12.3. The Balaban J connectivity index is 1.44. The van der Waals surface area contributed by atoms with Crippen LogP contribution in [-0.2, 0) is 22.5 Å². The second-order valence-corrected chi connectivity index (χ2v) is 7.83. The van der Waals surface area contributed by atoms with Crippen molar-refractivity contribution in [3.05, 3.63) is 45.8 Å². The number of aryl methyl sites for hydroxylation is 2. The molecule has 1 amide bonds. The zero-order valence-corrected chi connectivity index (χ0v) is 17.7. The summed E-state index contributed by atoms with van der Waals surface area (Å²) in [6, 6.07) is 7.86. The third kappa shape index (κ3) is 4.73. The maximum absolute atomic E-state index is 12.3. The Morgan fingerprint density at radius 1 is 1.28 bits per heavy atom. The lowest BCUT2D eigenvalue weighted by molar-refractivity contribution is -0.121. The molecule has 0 unspecified atom stereocenters. The molecule has 0 atom stereocenters. The fraction of sp³-hybridized carbons (Fsp3) is 0.400. The number of amides is 1. The normalized spacial score (nSPS) is 14.3. The van der Waals surface area contributed by atoms with Crippen molar-refractivity contribution in [2.24, 2.45) is 0 Å². The second-order valence-electron chi connectivity index (χ2n) is 6.92. The van der Waals surface area contributed by atoms with E-state index in [0.29, 0.717) is 44.1 Å². The van der Waals surface area contributed by atoms with E-state index in [1.165, 1.54) is 0 Å². The molecule has 1 aliphatic heterocycles. The molecule has 4 rings (SSSR count). The van der Waals surface area contributed by atoms with Crippen LogP contribution in [0, 0.1) is 6.92 Å². The number of halogens is 1. The van der Waals surface area contributed by atoms with Gasteiger partial charge in [-0.15, -0.1) is 0 Å². The lowest BCUT2D eigenvalue weighted by Gasteiger charge is -2.28. The van der Waals surface area contributed by atoms with Crippen LogP contribution in [0.5, 0.6) is 0 Å². The van der Waals surface area contributed by atoms with Gasteiger partial charge in [0.15, 0.2) is 0 Å². The fourth-order valence-electron chi connectivity index (χ4n) is 3.29. The highest BCUT2D eigenvalue weighted by atomic mass is 79.9. The molecule has 0 saturated carbocycles. The largest absolute Gasteiger partial charge is 0.378 e. The van der Waals surface area contributed by atoms with Gasteiger partial charge in [0.2, 0.25) is 5.91 Å². The second kappa shape index (κ2) is 8.87. The maximum Gasteiger partial charge on any atom is 0.263 e. The van der Waals surface area contributed by atoms with Gasteiger partial charge in [-0.3, -0.25) is 4.79 Å². The van der Waals surface area contributed by atoms with Crippen LogP contribution in [-0.4, -0.2) is 47.3 Å². The van der Waals surface area contributed by atoms with Crippen molar-refractivity contribution in [1.29, 1.82) is 0 Å². The Hall–Kier alpha value is -2.52. The monoisotopic (exact) mass is 459 g/mol. The van der Waals surface area contributed by atoms with Crippen LogP contribution in [0.2, 0.25) is 0 Å². The third-order valence-electron chi connectivity index (χ3n) is 4.80. The fourth-order valence-corrected chi connectivity index (χ4v) is 3.74. The molecule has 1 N–H and O–H groups in total. The summed E-state index contributed by atoms with van der Waals surface area (Å²) in [4.78, 5) is 23.7. The molecular weight excluding hydrogens is 438 g/mol. The Morgan fingerprint density at radius 2 is 2.10 bits per heavy atom. The van der Waals surface area contributed by atoms with Crippen molar-refractivity contribution in [2.75, 3.05) is 31.2 Å². The van der Waals surface area contributed by atoms with Crippen molar-refractivity contribution in [3.63, 3.8) is 0 Å². The molecule has 0 bridgehead atoms. The predicted octanol–water partition coefficient (Wildman–Crippen LogP) is 2.77. The standard InChI is InChI=1S/C20H22BrN5O3/c1-13-18-19(26-7-9-28-10-8-26)23-16(24-20(18)29-25-13)5-6-17(27)22-12-14-3-2-4-15(21)11-14/h2-4,11H,5-10,12H2,1H3,(H,22,27). The lowest BCUT2D eigenvalue weighted by atomic mass is 10.2. The van der Waals surface area contributed by atoms with Crippen LogP contribution in [0.25, 0.3) is 11.1 Å². The molecule has 8 nitrogen and oxygen atoms in total. The number of morpholine rings is 1. The first-order valence-electron chi connectivity index (χ1n) is 9.57. The number of ether oxygens (including phenoxy) is 1. The first-order chi connectivity index (χ1) is 14.1. The summed E-state index contributed by atoms with van der Waals surface area (Å²) in [7, 11) is 0.